The molecule has 5 heteroatoms. The van der Waals surface area contributed by atoms with Crippen LogP contribution in [0.2, 0.25) is 0 Å². The first kappa shape index (κ1) is 12.7. The lowest BCUT2D eigenvalue weighted by molar-refractivity contribution is 0.132. The second-order valence-electron chi connectivity index (χ2n) is 3.66. The van der Waals surface area contributed by atoms with Crippen molar-refractivity contribution in [2.24, 2.45) is 0 Å². The number of hydrogen-bond acceptors (Lipinski definition) is 5. The van der Waals surface area contributed by atoms with Gasteiger partial charge in [-0.05, 0) is 18.6 Å². The van der Waals surface area contributed by atoms with E-state index in [2.05, 4.69) is 10.3 Å². The molecular weight excluding hydrogens is 208 g/mol. The zero-order chi connectivity index (χ0) is 12.0. The van der Waals surface area contributed by atoms with Crippen LogP contribution >= 0.6 is 0 Å². The number of hydrogen-bond donors (Lipinski definition) is 3. The average molecular weight is 226 g/mol. The van der Waals surface area contributed by atoms with Crippen LogP contribution in [0, 0.1) is 0 Å². The van der Waals surface area contributed by atoms with Crippen molar-refractivity contribution >= 4 is 5.82 Å². The summed E-state index contributed by atoms with van der Waals surface area (Å²) in [4.78, 5) is 4.12. The number of anilines is 1. The van der Waals surface area contributed by atoms with Gasteiger partial charge in [0.05, 0.1) is 32.1 Å². The molecule has 0 spiro atoms. The number of ether oxygens (including phenoxy) is 1. The van der Waals surface area contributed by atoms with E-state index in [0.29, 0.717) is 18.0 Å². The van der Waals surface area contributed by atoms with Crippen LogP contribution in [0.15, 0.2) is 18.3 Å². The number of rotatable bonds is 6. The quantitative estimate of drug-likeness (QED) is 0.663. The van der Waals surface area contributed by atoms with Crippen molar-refractivity contribution in [1.82, 2.24) is 4.98 Å². The predicted molar refractivity (Wildman–Crippen MR) is 61.6 cm³/mol. The fourth-order valence-corrected chi connectivity index (χ4v) is 1.29. The largest absolute Gasteiger partial charge is 0.495 e. The minimum Gasteiger partial charge on any atom is -0.495 e. The highest BCUT2D eigenvalue weighted by atomic mass is 16.5. The fourth-order valence-electron chi connectivity index (χ4n) is 1.29. The Morgan fingerprint density at radius 3 is 2.44 bits per heavy atom. The Morgan fingerprint density at radius 1 is 1.38 bits per heavy atom. The lowest BCUT2D eigenvalue weighted by atomic mass is 9.98. The van der Waals surface area contributed by atoms with E-state index < -0.39 is 5.54 Å². The maximum absolute atomic E-state index is 9.26. The highest BCUT2D eigenvalue weighted by Gasteiger charge is 2.26. The third-order valence-corrected chi connectivity index (χ3v) is 2.65. The van der Waals surface area contributed by atoms with Crippen molar-refractivity contribution in [2.75, 3.05) is 25.6 Å². The van der Waals surface area contributed by atoms with Gasteiger partial charge in [0, 0.05) is 0 Å². The van der Waals surface area contributed by atoms with Crippen LogP contribution in [-0.4, -0.2) is 41.1 Å². The maximum atomic E-state index is 9.26. The number of pyridine rings is 1. The van der Waals surface area contributed by atoms with Gasteiger partial charge in [0.25, 0.3) is 0 Å². The summed E-state index contributed by atoms with van der Waals surface area (Å²) >= 11 is 0. The number of aliphatic hydroxyl groups is 2. The third-order valence-electron chi connectivity index (χ3n) is 2.65. The van der Waals surface area contributed by atoms with Gasteiger partial charge in [-0.25, -0.2) is 4.98 Å². The topological polar surface area (TPSA) is 74.6 Å². The Morgan fingerprint density at radius 2 is 2.06 bits per heavy atom. The normalized spacial score (nSPS) is 11.2. The van der Waals surface area contributed by atoms with E-state index >= 15 is 0 Å². The van der Waals surface area contributed by atoms with E-state index in [4.69, 9.17) is 4.74 Å². The van der Waals surface area contributed by atoms with Gasteiger partial charge in [-0.2, -0.15) is 0 Å². The molecule has 0 radical (unpaired) electrons. The minimum absolute atomic E-state index is 0.145. The lowest BCUT2D eigenvalue weighted by Crippen LogP contribution is -2.45. The first-order valence-electron chi connectivity index (χ1n) is 5.19. The van der Waals surface area contributed by atoms with Crippen molar-refractivity contribution in [3.05, 3.63) is 18.3 Å². The number of nitrogens with zero attached hydrogens (tertiary/aromatic N) is 1. The lowest BCUT2D eigenvalue weighted by Gasteiger charge is -2.30. The van der Waals surface area contributed by atoms with Crippen molar-refractivity contribution in [1.29, 1.82) is 0 Å². The van der Waals surface area contributed by atoms with Crippen LogP contribution in [0.1, 0.15) is 13.3 Å². The zero-order valence-electron chi connectivity index (χ0n) is 9.60. The molecule has 3 N–H and O–H groups in total. The van der Waals surface area contributed by atoms with Crippen molar-refractivity contribution in [3.63, 3.8) is 0 Å². The summed E-state index contributed by atoms with van der Waals surface area (Å²) in [6, 6.07) is 3.51. The predicted octanol–water partition coefficient (Wildman–Crippen LogP) is 0.635. The molecule has 0 aliphatic carbocycles. The van der Waals surface area contributed by atoms with Crippen LogP contribution in [0.25, 0.3) is 0 Å². The van der Waals surface area contributed by atoms with Gasteiger partial charge in [0.2, 0.25) is 0 Å². The van der Waals surface area contributed by atoms with E-state index in [1.54, 1.807) is 25.4 Å². The van der Waals surface area contributed by atoms with Crippen LogP contribution in [0.3, 0.4) is 0 Å². The Bertz CT molecular complexity index is 301. The van der Waals surface area contributed by atoms with Gasteiger partial charge in [-0.15, -0.1) is 0 Å². The molecular formula is C11H18N2O3. The van der Waals surface area contributed by atoms with E-state index in [0.717, 1.165) is 0 Å². The molecule has 0 amide bonds. The molecule has 1 aromatic rings. The Hall–Kier alpha value is -1.33. The summed E-state index contributed by atoms with van der Waals surface area (Å²) in [6.45, 7) is 1.60. The summed E-state index contributed by atoms with van der Waals surface area (Å²) in [5.41, 5.74) is -0.721. The SMILES string of the molecule is CCC(CO)(CO)Nc1ccc(OC)cn1. The molecule has 0 fully saturated rings. The molecule has 0 bridgehead atoms. The third kappa shape index (κ3) is 2.84. The van der Waals surface area contributed by atoms with Gasteiger partial charge in [0.1, 0.15) is 11.6 Å². The second kappa shape index (κ2) is 5.67. The molecule has 5 nitrogen and oxygen atoms in total. The van der Waals surface area contributed by atoms with Crippen LogP contribution in [0.5, 0.6) is 5.75 Å². The number of aliphatic hydroxyl groups excluding tert-OH is 2. The molecule has 0 aliphatic rings. The zero-order valence-corrected chi connectivity index (χ0v) is 9.60. The van der Waals surface area contributed by atoms with Gasteiger partial charge < -0.3 is 20.3 Å². The van der Waals surface area contributed by atoms with Crippen LogP contribution in [0.4, 0.5) is 5.82 Å². The van der Waals surface area contributed by atoms with Crippen molar-refractivity contribution < 1.29 is 14.9 Å². The maximum Gasteiger partial charge on any atom is 0.137 e. The first-order valence-corrected chi connectivity index (χ1v) is 5.19. The van der Waals surface area contributed by atoms with Gasteiger partial charge in [0.15, 0.2) is 0 Å². The summed E-state index contributed by atoms with van der Waals surface area (Å²) in [5, 5.41) is 21.6. The molecule has 0 unspecified atom stereocenters. The van der Waals surface area contributed by atoms with E-state index in [9.17, 15) is 10.2 Å². The highest BCUT2D eigenvalue weighted by molar-refractivity contribution is 5.40. The second-order valence-corrected chi connectivity index (χ2v) is 3.66. The van der Waals surface area contributed by atoms with Crippen LogP contribution < -0.4 is 10.1 Å². The Kier molecular flexibility index (Phi) is 4.52. The first-order chi connectivity index (χ1) is 7.69. The molecule has 0 saturated carbocycles. The summed E-state index contributed by atoms with van der Waals surface area (Å²) in [6.07, 6.45) is 2.19. The van der Waals surface area contributed by atoms with E-state index in [1.165, 1.54) is 0 Å². The molecule has 0 aliphatic heterocycles. The number of aromatic nitrogens is 1. The van der Waals surface area contributed by atoms with Crippen molar-refractivity contribution in [3.8, 4) is 5.75 Å². The summed E-state index contributed by atoms with van der Waals surface area (Å²) < 4.78 is 4.99. The Balaban J connectivity index is 2.77. The molecule has 1 heterocycles. The monoisotopic (exact) mass is 226 g/mol. The van der Waals surface area contributed by atoms with Gasteiger partial charge in [-0.1, -0.05) is 6.92 Å². The summed E-state index contributed by atoms with van der Waals surface area (Å²) in [5.74, 6) is 1.27. The molecule has 0 atom stereocenters. The molecule has 1 aromatic heterocycles. The number of nitrogens with one attached hydrogen (secondary N) is 1. The fraction of sp³-hybridized carbons (Fsp3) is 0.545. The Labute approximate surface area is 95.1 Å². The summed E-state index contributed by atoms with van der Waals surface area (Å²) in [7, 11) is 1.57. The molecule has 0 aromatic carbocycles. The van der Waals surface area contributed by atoms with E-state index in [1.807, 2.05) is 6.92 Å². The van der Waals surface area contributed by atoms with Crippen molar-refractivity contribution in [2.45, 2.75) is 18.9 Å². The average Bonchev–Trinajstić information content (AvgIpc) is 2.37. The van der Waals surface area contributed by atoms with Gasteiger partial charge in [-0.3, -0.25) is 0 Å². The van der Waals surface area contributed by atoms with Gasteiger partial charge >= 0.3 is 0 Å². The standard InChI is InChI=1S/C11H18N2O3/c1-3-11(7-14,8-15)13-10-5-4-9(16-2)6-12-10/h4-6,14-15H,3,7-8H2,1-2H3,(H,12,13). The smallest absolute Gasteiger partial charge is 0.137 e. The molecule has 16 heavy (non-hydrogen) atoms. The molecule has 90 valence electrons. The molecule has 1 rings (SSSR count). The number of methoxy groups -OCH3 is 1. The van der Waals surface area contributed by atoms with E-state index in [-0.39, 0.29) is 13.2 Å². The molecule has 0 saturated heterocycles. The minimum atomic E-state index is -0.721. The van der Waals surface area contributed by atoms with Crippen LogP contribution in [-0.2, 0) is 0 Å². The highest BCUT2D eigenvalue weighted by Crippen LogP contribution is 2.18.